The van der Waals surface area contributed by atoms with Gasteiger partial charge in [-0.15, -0.1) is 11.8 Å². The molecule has 180 valence electrons. The predicted octanol–water partition coefficient (Wildman–Crippen LogP) is 3.75. The molecule has 7 nitrogen and oxygen atoms in total. The topological polar surface area (TPSA) is 94.6 Å². The quantitative estimate of drug-likeness (QED) is 0.263. The lowest BCUT2D eigenvalue weighted by atomic mass is 9.97. The molecule has 2 heterocycles. The van der Waals surface area contributed by atoms with E-state index in [1.54, 1.807) is 12.3 Å². The molecule has 1 atom stereocenters. The molecular formula is C27H26N2O5S. The number of ether oxygens (including phenoxy) is 2. The molecule has 0 spiro atoms. The van der Waals surface area contributed by atoms with Gasteiger partial charge in [0, 0.05) is 30.3 Å². The Hall–Kier alpha value is -3.65. The van der Waals surface area contributed by atoms with Crippen LogP contribution < -0.4 is 10.1 Å². The van der Waals surface area contributed by atoms with Crippen LogP contribution in [0.1, 0.15) is 34.1 Å². The van der Waals surface area contributed by atoms with Crippen molar-refractivity contribution in [3.63, 3.8) is 0 Å². The number of thioether (sulfide) groups is 1. The van der Waals surface area contributed by atoms with Crippen LogP contribution in [0.3, 0.4) is 0 Å². The molecule has 0 saturated carbocycles. The van der Waals surface area contributed by atoms with Gasteiger partial charge in [-0.2, -0.15) is 0 Å². The van der Waals surface area contributed by atoms with Crippen LogP contribution in [-0.2, 0) is 33.8 Å². The van der Waals surface area contributed by atoms with Crippen molar-refractivity contribution >= 4 is 29.4 Å². The molecule has 0 aliphatic carbocycles. The third-order valence-electron chi connectivity index (χ3n) is 5.70. The maximum atomic E-state index is 13.0. The van der Waals surface area contributed by atoms with E-state index in [4.69, 9.17) is 9.47 Å². The number of carbonyl (C=O) groups is 3. The van der Waals surface area contributed by atoms with Crippen molar-refractivity contribution in [3.8, 4) is 5.75 Å². The molecule has 1 unspecified atom stereocenters. The summed E-state index contributed by atoms with van der Waals surface area (Å²) in [5, 5.41) is 2.75. The van der Waals surface area contributed by atoms with Crippen molar-refractivity contribution in [2.45, 2.75) is 31.1 Å². The second-order valence-electron chi connectivity index (χ2n) is 8.20. The zero-order valence-electron chi connectivity index (χ0n) is 19.4. The van der Waals surface area contributed by atoms with Gasteiger partial charge in [0.25, 0.3) is 0 Å². The maximum absolute atomic E-state index is 13.0. The Morgan fingerprint density at radius 2 is 1.80 bits per heavy atom. The average Bonchev–Trinajstić information content (AvgIpc) is 3.25. The van der Waals surface area contributed by atoms with Gasteiger partial charge in [-0.05, 0) is 42.3 Å². The second kappa shape index (κ2) is 11.2. The van der Waals surface area contributed by atoms with Crippen LogP contribution in [0, 0.1) is 0 Å². The number of hydrogen-bond donors (Lipinski definition) is 1. The summed E-state index contributed by atoms with van der Waals surface area (Å²) < 4.78 is 10.0. The third kappa shape index (κ3) is 6.08. The zero-order chi connectivity index (χ0) is 24.7. The minimum Gasteiger partial charge on any atom is -0.493 e. The SMILES string of the molecule is CC(=O)c1ccc(CCOc2ccc(CC3(C(=O)OCc4ccccc4)SCNC3=O)cc2)nc1. The number of benzene rings is 2. The summed E-state index contributed by atoms with van der Waals surface area (Å²) in [7, 11) is 0. The number of nitrogens with one attached hydrogen (secondary N) is 1. The van der Waals surface area contributed by atoms with Gasteiger partial charge in [0.05, 0.1) is 12.5 Å². The highest BCUT2D eigenvalue weighted by atomic mass is 32.2. The largest absolute Gasteiger partial charge is 0.493 e. The minimum atomic E-state index is -1.31. The molecule has 1 fully saturated rings. The number of carbonyl (C=O) groups excluding carboxylic acids is 3. The first-order valence-corrected chi connectivity index (χ1v) is 12.3. The van der Waals surface area contributed by atoms with E-state index in [9.17, 15) is 14.4 Å². The maximum Gasteiger partial charge on any atom is 0.332 e. The van der Waals surface area contributed by atoms with Crippen LogP contribution >= 0.6 is 11.8 Å². The Morgan fingerprint density at radius 1 is 1.03 bits per heavy atom. The fourth-order valence-electron chi connectivity index (χ4n) is 3.67. The summed E-state index contributed by atoms with van der Waals surface area (Å²) in [5.41, 5.74) is 3.12. The molecule has 35 heavy (non-hydrogen) atoms. The van der Waals surface area contributed by atoms with Gasteiger partial charge in [-0.1, -0.05) is 42.5 Å². The summed E-state index contributed by atoms with van der Waals surface area (Å²) in [6, 6.07) is 20.3. The molecule has 0 radical (unpaired) electrons. The van der Waals surface area contributed by atoms with E-state index >= 15 is 0 Å². The number of ketones is 1. The predicted molar refractivity (Wildman–Crippen MR) is 133 cm³/mol. The van der Waals surface area contributed by atoms with E-state index in [0.29, 0.717) is 30.2 Å². The van der Waals surface area contributed by atoms with Gasteiger partial charge in [0.15, 0.2) is 10.5 Å². The van der Waals surface area contributed by atoms with Gasteiger partial charge in [-0.3, -0.25) is 14.6 Å². The van der Waals surface area contributed by atoms with Crippen molar-refractivity contribution < 1.29 is 23.9 Å². The van der Waals surface area contributed by atoms with Crippen molar-refractivity contribution in [1.29, 1.82) is 0 Å². The van der Waals surface area contributed by atoms with Gasteiger partial charge in [0.1, 0.15) is 12.4 Å². The highest BCUT2D eigenvalue weighted by molar-refractivity contribution is 8.02. The summed E-state index contributed by atoms with van der Waals surface area (Å²) in [4.78, 5) is 41.3. The average molecular weight is 491 g/mol. The molecule has 8 heteroatoms. The van der Waals surface area contributed by atoms with Crippen LogP contribution in [0.2, 0.25) is 0 Å². The highest BCUT2D eigenvalue weighted by Gasteiger charge is 2.51. The standard InChI is InChI=1S/C27H26N2O5S/c1-19(30)22-9-10-23(28-16-22)13-14-33-24-11-7-20(8-12-24)15-27(25(31)29-18-35-27)26(32)34-17-21-5-3-2-4-6-21/h2-12,16H,13-15,17-18H2,1H3,(H,29,31). The molecule has 1 aliphatic heterocycles. The van der Waals surface area contributed by atoms with E-state index in [2.05, 4.69) is 10.3 Å². The first kappa shape index (κ1) is 24.5. The van der Waals surface area contributed by atoms with E-state index in [1.807, 2.05) is 60.7 Å². The molecule has 3 aromatic rings. The molecule has 1 aliphatic rings. The van der Waals surface area contributed by atoms with Crippen LogP contribution in [-0.4, -0.2) is 39.9 Å². The second-order valence-corrected chi connectivity index (χ2v) is 9.47. The van der Waals surface area contributed by atoms with Crippen LogP contribution in [0.15, 0.2) is 72.9 Å². The number of Topliss-reactive ketones (excluding diaryl/α,β-unsaturated/α-hetero) is 1. The van der Waals surface area contributed by atoms with Crippen molar-refractivity contribution in [1.82, 2.24) is 10.3 Å². The van der Waals surface area contributed by atoms with E-state index in [1.165, 1.54) is 18.7 Å². The van der Waals surface area contributed by atoms with Crippen LogP contribution in [0.5, 0.6) is 5.75 Å². The van der Waals surface area contributed by atoms with E-state index < -0.39 is 10.7 Å². The molecule has 1 aromatic heterocycles. The summed E-state index contributed by atoms with van der Waals surface area (Å²) in [5.74, 6) is 0.162. The van der Waals surface area contributed by atoms with E-state index in [0.717, 1.165) is 16.8 Å². The Balaban J connectivity index is 1.34. The summed E-state index contributed by atoms with van der Waals surface area (Å²) >= 11 is 1.26. The summed E-state index contributed by atoms with van der Waals surface area (Å²) in [6.07, 6.45) is 2.40. The van der Waals surface area contributed by atoms with Gasteiger partial charge >= 0.3 is 5.97 Å². The van der Waals surface area contributed by atoms with Gasteiger partial charge in [0.2, 0.25) is 5.91 Å². The van der Waals surface area contributed by atoms with Gasteiger partial charge < -0.3 is 14.8 Å². The monoisotopic (exact) mass is 490 g/mol. The lowest BCUT2D eigenvalue weighted by Gasteiger charge is -2.23. The van der Waals surface area contributed by atoms with Crippen molar-refractivity contribution in [3.05, 3.63) is 95.3 Å². The van der Waals surface area contributed by atoms with E-state index in [-0.39, 0.29) is 24.7 Å². The molecule has 4 rings (SSSR count). The van der Waals surface area contributed by atoms with Crippen molar-refractivity contribution in [2.24, 2.45) is 0 Å². The first-order chi connectivity index (χ1) is 17.0. The Morgan fingerprint density at radius 3 is 2.43 bits per heavy atom. The molecule has 1 amide bonds. The molecule has 2 aromatic carbocycles. The number of aromatic nitrogens is 1. The highest BCUT2D eigenvalue weighted by Crippen LogP contribution is 2.35. The smallest absolute Gasteiger partial charge is 0.332 e. The van der Waals surface area contributed by atoms with Crippen LogP contribution in [0.25, 0.3) is 0 Å². The molecule has 1 N–H and O–H groups in total. The molecular weight excluding hydrogens is 464 g/mol. The third-order valence-corrected chi connectivity index (χ3v) is 6.97. The number of esters is 1. The van der Waals surface area contributed by atoms with Gasteiger partial charge in [-0.25, -0.2) is 4.79 Å². The Labute approximate surface area is 208 Å². The Bertz CT molecular complexity index is 1180. The minimum absolute atomic E-state index is 0.0138. The molecule has 1 saturated heterocycles. The van der Waals surface area contributed by atoms with Crippen LogP contribution in [0.4, 0.5) is 0 Å². The normalized spacial score (nSPS) is 17.0. The molecule has 0 bridgehead atoms. The number of nitrogens with zero attached hydrogens (tertiary/aromatic N) is 1. The number of amides is 1. The summed E-state index contributed by atoms with van der Waals surface area (Å²) in [6.45, 7) is 2.06. The lowest BCUT2D eigenvalue weighted by Crippen LogP contribution is -2.46. The lowest BCUT2D eigenvalue weighted by molar-refractivity contribution is -0.150. The fraction of sp³-hybridized carbons (Fsp3) is 0.259. The first-order valence-electron chi connectivity index (χ1n) is 11.3. The number of rotatable bonds is 10. The van der Waals surface area contributed by atoms with Crippen molar-refractivity contribution in [2.75, 3.05) is 12.5 Å². The zero-order valence-corrected chi connectivity index (χ0v) is 20.2. The number of pyridine rings is 1. The fourth-order valence-corrected chi connectivity index (χ4v) is 4.77. The number of hydrogen-bond acceptors (Lipinski definition) is 7. The Kier molecular flexibility index (Phi) is 7.82.